The summed E-state index contributed by atoms with van der Waals surface area (Å²) >= 11 is 3.27. The van der Waals surface area contributed by atoms with E-state index >= 15 is 0 Å². The monoisotopic (exact) mass is 311 g/mol. The van der Waals surface area contributed by atoms with Gasteiger partial charge in [-0.3, -0.25) is 9.48 Å². The Bertz CT molecular complexity index is 553. The Morgan fingerprint density at radius 1 is 1.44 bits per heavy atom. The number of amides is 1. The van der Waals surface area contributed by atoms with Gasteiger partial charge in [0.25, 0.3) is 0 Å². The first-order valence-corrected chi connectivity index (χ1v) is 6.11. The second kappa shape index (κ2) is 5.30. The lowest BCUT2D eigenvalue weighted by Gasteiger charge is -2.12. The van der Waals surface area contributed by atoms with Crippen molar-refractivity contribution in [1.82, 2.24) is 9.78 Å². The average Bonchev–Trinajstić information content (AvgIpc) is 2.78. The third-order valence-electron chi connectivity index (χ3n) is 2.46. The van der Waals surface area contributed by atoms with E-state index in [1.165, 1.54) is 24.3 Å². The van der Waals surface area contributed by atoms with Gasteiger partial charge in [0, 0.05) is 11.9 Å². The van der Waals surface area contributed by atoms with Crippen LogP contribution in [-0.2, 0) is 4.79 Å². The maximum Gasteiger partial charge on any atom is 0.248 e. The number of rotatable bonds is 3. The van der Waals surface area contributed by atoms with Crippen molar-refractivity contribution in [3.63, 3.8) is 0 Å². The molecule has 1 amide bonds. The number of anilines is 1. The largest absolute Gasteiger partial charge is 0.324 e. The van der Waals surface area contributed by atoms with E-state index in [9.17, 15) is 9.18 Å². The van der Waals surface area contributed by atoms with Crippen LogP contribution in [0.4, 0.5) is 10.1 Å². The average molecular weight is 312 g/mol. The topological polar surface area (TPSA) is 46.9 Å². The molecular formula is C12H11BrFN3O. The third-order valence-corrected chi connectivity index (χ3v) is 2.87. The minimum absolute atomic E-state index is 0.211. The van der Waals surface area contributed by atoms with Crippen molar-refractivity contribution in [3.05, 3.63) is 46.9 Å². The van der Waals surface area contributed by atoms with Gasteiger partial charge in [0.15, 0.2) is 0 Å². The molecule has 1 N–H and O–H groups in total. The van der Waals surface area contributed by atoms with Gasteiger partial charge in [-0.05, 0) is 47.1 Å². The summed E-state index contributed by atoms with van der Waals surface area (Å²) in [5.41, 5.74) is 0.555. The predicted molar refractivity (Wildman–Crippen MR) is 69.7 cm³/mol. The summed E-state index contributed by atoms with van der Waals surface area (Å²) in [5, 5.41) is 6.74. The van der Waals surface area contributed by atoms with Crippen LogP contribution in [0.25, 0.3) is 0 Å². The van der Waals surface area contributed by atoms with Crippen molar-refractivity contribution in [3.8, 4) is 0 Å². The van der Waals surface area contributed by atoms with Crippen molar-refractivity contribution in [2.45, 2.75) is 13.0 Å². The molecule has 1 heterocycles. The number of carbonyl (C=O) groups excluding carboxylic acids is 1. The minimum Gasteiger partial charge on any atom is -0.324 e. The highest BCUT2D eigenvalue weighted by Gasteiger charge is 2.15. The molecule has 18 heavy (non-hydrogen) atoms. The fourth-order valence-electron chi connectivity index (χ4n) is 1.43. The molecule has 6 heteroatoms. The van der Waals surface area contributed by atoms with Gasteiger partial charge in [-0.2, -0.15) is 5.10 Å². The van der Waals surface area contributed by atoms with Gasteiger partial charge < -0.3 is 5.32 Å². The van der Waals surface area contributed by atoms with Crippen molar-refractivity contribution < 1.29 is 9.18 Å². The highest BCUT2D eigenvalue weighted by atomic mass is 79.9. The summed E-state index contributed by atoms with van der Waals surface area (Å²) in [7, 11) is 0. The lowest BCUT2D eigenvalue weighted by molar-refractivity contribution is -0.119. The van der Waals surface area contributed by atoms with Crippen molar-refractivity contribution in [2.24, 2.45) is 0 Å². The highest BCUT2D eigenvalue weighted by molar-refractivity contribution is 9.10. The maximum atomic E-state index is 12.7. The number of hydrogen-bond acceptors (Lipinski definition) is 2. The van der Waals surface area contributed by atoms with Crippen LogP contribution in [0.3, 0.4) is 0 Å². The molecule has 0 aliphatic carbocycles. The second-order valence-corrected chi connectivity index (χ2v) is 4.73. The van der Waals surface area contributed by atoms with Crippen LogP contribution in [0.2, 0.25) is 0 Å². The lowest BCUT2D eigenvalue weighted by atomic mass is 10.2. The van der Waals surface area contributed by atoms with Crippen LogP contribution in [0.1, 0.15) is 13.0 Å². The Balaban J connectivity index is 2.05. The zero-order chi connectivity index (χ0) is 13.1. The van der Waals surface area contributed by atoms with Crippen LogP contribution < -0.4 is 5.32 Å². The lowest BCUT2D eigenvalue weighted by Crippen LogP contribution is -2.23. The maximum absolute atomic E-state index is 12.7. The van der Waals surface area contributed by atoms with Gasteiger partial charge in [-0.25, -0.2) is 4.39 Å². The summed E-state index contributed by atoms with van der Waals surface area (Å²) in [4.78, 5) is 11.9. The van der Waals surface area contributed by atoms with Crippen LogP contribution in [-0.4, -0.2) is 15.7 Å². The molecular weight excluding hydrogens is 301 g/mol. The van der Waals surface area contributed by atoms with Gasteiger partial charge in [-0.1, -0.05) is 0 Å². The van der Waals surface area contributed by atoms with Crippen molar-refractivity contribution >= 4 is 27.5 Å². The van der Waals surface area contributed by atoms with E-state index in [2.05, 4.69) is 26.3 Å². The molecule has 0 aliphatic rings. The molecule has 1 aromatic carbocycles. The predicted octanol–water partition coefficient (Wildman–Crippen LogP) is 2.98. The van der Waals surface area contributed by atoms with Gasteiger partial charge >= 0.3 is 0 Å². The van der Waals surface area contributed by atoms with E-state index in [1.807, 2.05) is 0 Å². The SMILES string of the molecule is CC(C(=O)Nc1ccc(F)cc1)n1cc(Br)cn1. The molecule has 0 saturated carbocycles. The first-order valence-electron chi connectivity index (χ1n) is 5.32. The number of benzene rings is 1. The molecule has 0 spiro atoms. The highest BCUT2D eigenvalue weighted by Crippen LogP contribution is 2.14. The fourth-order valence-corrected chi connectivity index (χ4v) is 1.73. The number of carbonyl (C=O) groups is 1. The Labute approximate surface area is 112 Å². The van der Waals surface area contributed by atoms with Gasteiger partial charge in [0.2, 0.25) is 5.91 Å². The Hall–Kier alpha value is -1.69. The number of aromatic nitrogens is 2. The molecule has 0 radical (unpaired) electrons. The Morgan fingerprint density at radius 2 is 2.11 bits per heavy atom. The molecule has 4 nitrogen and oxygen atoms in total. The van der Waals surface area contributed by atoms with Crippen LogP contribution in [0, 0.1) is 5.82 Å². The van der Waals surface area contributed by atoms with Crippen LogP contribution in [0.5, 0.6) is 0 Å². The van der Waals surface area contributed by atoms with E-state index in [0.29, 0.717) is 5.69 Å². The molecule has 94 valence electrons. The molecule has 2 aromatic rings. The quantitative estimate of drug-likeness (QED) is 0.947. The van der Waals surface area contributed by atoms with Gasteiger partial charge in [0.05, 0.1) is 10.7 Å². The molecule has 1 unspecified atom stereocenters. The summed E-state index contributed by atoms with van der Waals surface area (Å²) < 4.78 is 15.1. The molecule has 0 aliphatic heterocycles. The third kappa shape index (κ3) is 2.95. The molecule has 0 bridgehead atoms. The van der Waals surface area contributed by atoms with Gasteiger partial charge in [-0.15, -0.1) is 0 Å². The van der Waals surface area contributed by atoms with Crippen LogP contribution in [0.15, 0.2) is 41.1 Å². The number of hydrogen-bond donors (Lipinski definition) is 1. The Morgan fingerprint density at radius 3 is 2.67 bits per heavy atom. The summed E-state index contributed by atoms with van der Waals surface area (Å²) in [6.07, 6.45) is 3.33. The van der Waals surface area contributed by atoms with Gasteiger partial charge in [0.1, 0.15) is 11.9 Å². The van der Waals surface area contributed by atoms with E-state index in [-0.39, 0.29) is 11.7 Å². The zero-order valence-electron chi connectivity index (χ0n) is 9.60. The van der Waals surface area contributed by atoms with E-state index in [1.54, 1.807) is 24.0 Å². The van der Waals surface area contributed by atoms with Crippen molar-refractivity contribution in [1.29, 1.82) is 0 Å². The minimum atomic E-state index is -0.443. The van der Waals surface area contributed by atoms with E-state index in [0.717, 1.165) is 4.47 Å². The number of nitrogens with one attached hydrogen (secondary N) is 1. The molecule has 0 saturated heterocycles. The van der Waals surface area contributed by atoms with Crippen molar-refractivity contribution in [2.75, 3.05) is 5.32 Å². The summed E-state index contributed by atoms with van der Waals surface area (Å²) in [6, 6.07) is 5.18. The summed E-state index contributed by atoms with van der Waals surface area (Å²) in [5.74, 6) is -0.547. The number of nitrogens with zero attached hydrogens (tertiary/aromatic N) is 2. The fraction of sp³-hybridized carbons (Fsp3) is 0.167. The van der Waals surface area contributed by atoms with E-state index in [4.69, 9.17) is 0 Å². The standard InChI is InChI=1S/C12H11BrFN3O/c1-8(17-7-9(13)6-15-17)12(18)16-11-4-2-10(14)3-5-11/h2-8H,1H3,(H,16,18). The molecule has 1 aromatic heterocycles. The second-order valence-electron chi connectivity index (χ2n) is 3.81. The zero-order valence-corrected chi connectivity index (χ0v) is 11.2. The number of halogens is 2. The first kappa shape index (κ1) is 12.8. The van der Waals surface area contributed by atoms with Crippen LogP contribution >= 0.6 is 15.9 Å². The van der Waals surface area contributed by atoms with E-state index < -0.39 is 6.04 Å². The normalized spacial score (nSPS) is 12.2. The summed E-state index contributed by atoms with van der Waals surface area (Å²) in [6.45, 7) is 1.73. The molecule has 0 fully saturated rings. The molecule has 1 atom stereocenters. The molecule has 2 rings (SSSR count). The smallest absolute Gasteiger partial charge is 0.248 e. The Kier molecular flexibility index (Phi) is 3.76. The first-order chi connectivity index (χ1) is 8.56.